The van der Waals surface area contributed by atoms with Crippen molar-refractivity contribution >= 4 is 68.4 Å². The molecular weight excluding hydrogens is 658 g/mol. The van der Waals surface area contributed by atoms with Crippen LogP contribution in [0.2, 0.25) is 0 Å². The van der Waals surface area contributed by atoms with E-state index < -0.39 is 86.7 Å². The van der Waals surface area contributed by atoms with Gasteiger partial charge in [-0.2, -0.15) is 0 Å². The molecule has 22 heteroatoms. The van der Waals surface area contributed by atoms with Crippen LogP contribution in [0.5, 0.6) is 0 Å². The van der Waals surface area contributed by atoms with E-state index in [4.69, 9.17) is 111 Å². The molecule has 0 bridgehead atoms. The van der Waals surface area contributed by atoms with Crippen LogP contribution in [-0.2, 0) is 79.6 Å². The maximum absolute atomic E-state index is 10.3. The van der Waals surface area contributed by atoms with Gasteiger partial charge < -0.3 is 56.7 Å². The van der Waals surface area contributed by atoms with E-state index in [-0.39, 0.29) is 13.2 Å². The van der Waals surface area contributed by atoms with Gasteiger partial charge in [-0.05, 0) is 49.3 Å². The Kier molecular flexibility index (Phi) is 16.2. The van der Waals surface area contributed by atoms with Crippen molar-refractivity contribution in [1.82, 2.24) is 0 Å². The van der Waals surface area contributed by atoms with Crippen molar-refractivity contribution in [3.63, 3.8) is 0 Å². The van der Waals surface area contributed by atoms with Crippen LogP contribution in [-0.4, -0.2) is 156 Å². The lowest BCUT2D eigenvalue weighted by Gasteiger charge is -2.27. The molecule has 14 nitrogen and oxygen atoms in total. The van der Waals surface area contributed by atoms with Crippen LogP contribution in [0, 0.1) is 0 Å². The van der Waals surface area contributed by atoms with Crippen molar-refractivity contribution in [3.05, 3.63) is 0 Å². The Hall–Kier alpha value is 1.000. The van der Waals surface area contributed by atoms with Crippen LogP contribution in [0.25, 0.3) is 0 Å². The molecule has 0 aromatic carbocycles. The molecule has 4 fully saturated rings. The highest BCUT2D eigenvalue weighted by Gasteiger charge is 2.43. The fourth-order valence-corrected chi connectivity index (χ4v) is 8.20. The molecule has 4 rings (SSSR count). The highest BCUT2D eigenvalue weighted by atomic mass is 32.5. The molecule has 0 spiro atoms. The van der Waals surface area contributed by atoms with Gasteiger partial charge in [0.25, 0.3) is 0 Å². The second kappa shape index (κ2) is 18.1. The highest BCUT2D eigenvalue weighted by molar-refractivity contribution is 8.07. The molecule has 0 aromatic rings. The molecule has 4 heterocycles. The first-order chi connectivity index (χ1) is 20.7. The molecule has 4 aliphatic rings. The van der Waals surface area contributed by atoms with Crippen LogP contribution in [0.1, 0.15) is 25.7 Å². The molecule has 244 valence electrons. The van der Waals surface area contributed by atoms with Gasteiger partial charge in [-0.15, -0.1) is 0 Å². The first-order valence-electron chi connectivity index (χ1n) is 13.8. The van der Waals surface area contributed by atoms with E-state index >= 15 is 0 Å². The van der Waals surface area contributed by atoms with Crippen LogP contribution in [0.15, 0.2) is 0 Å². The summed E-state index contributed by atoms with van der Waals surface area (Å²) in [5, 5.41) is 0. The van der Waals surface area contributed by atoms with Crippen LogP contribution < -0.4 is 0 Å². The van der Waals surface area contributed by atoms with Gasteiger partial charge in [0.1, 0.15) is 55.8 Å². The standard InChI is InChI=1S/2C11H19B2O7PS/c2*1-15-5-8-6(3-9(12)17-8)19-21(14,22)20-11-7(16-2)4-10(13)18-11/h2*6-11H,3-5H2,1-2H3,(H,14,22)/t2*6?,7?,8-,9-,10-,11-,21?/m11/s1. The van der Waals surface area contributed by atoms with Gasteiger partial charge in [0.15, 0.2) is 12.6 Å². The number of methoxy groups -OCH3 is 4. The van der Waals surface area contributed by atoms with Gasteiger partial charge in [0.2, 0.25) is 0 Å². The van der Waals surface area contributed by atoms with Gasteiger partial charge >= 0.3 is 13.4 Å². The van der Waals surface area contributed by atoms with E-state index in [1.54, 1.807) is 0 Å². The van der Waals surface area contributed by atoms with E-state index in [1.807, 2.05) is 0 Å². The Bertz CT molecular complexity index is 910. The SMILES string of the molecule is [B][C@H]1CC(OC)[C@@H](OP(O)(=S)OC2C[C@H]([B])O[C@@H]2COC)O1.[B][C@H]1CC(OC)[C@@H](OP(O)(=S)OC2C[C@H]([B])O[C@@H]2COC)O1. The van der Waals surface area contributed by atoms with E-state index in [1.165, 1.54) is 28.4 Å². The van der Waals surface area contributed by atoms with Crippen LogP contribution in [0.4, 0.5) is 0 Å². The molecular formula is C22H38B4O14P2S2. The predicted octanol–water partition coefficient (Wildman–Crippen LogP) is -0.418. The maximum atomic E-state index is 10.3. The summed E-state index contributed by atoms with van der Waals surface area (Å²) in [5.74, 6) is 0. The lowest BCUT2D eigenvalue weighted by atomic mass is 9.96. The number of ether oxygens (including phenoxy) is 8. The quantitative estimate of drug-likeness (QED) is 0.179. The second-order valence-electron chi connectivity index (χ2n) is 10.3. The largest absolute Gasteiger partial charge is 0.382 e. The van der Waals surface area contributed by atoms with Gasteiger partial charge in [-0.1, -0.05) is 0 Å². The number of hydrogen-bond acceptors (Lipinski definition) is 14. The molecule has 2 N–H and O–H groups in total. The molecule has 6 unspecified atom stereocenters. The second-order valence-corrected chi connectivity index (χ2v) is 15.8. The molecule has 0 aromatic heterocycles. The van der Waals surface area contributed by atoms with Gasteiger partial charge in [0, 0.05) is 52.5 Å². The molecule has 8 radical (unpaired) electrons. The minimum absolute atomic E-state index is 0.277. The molecule has 14 atom stereocenters. The summed E-state index contributed by atoms with van der Waals surface area (Å²) >= 11 is 10.1. The Morgan fingerprint density at radius 1 is 0.568 bits per heavy atom. The summed E-state index contributed by atoms with van der Waals surface area (Å²) in [4.78, 5) is 20.6. The van der Waals surface area contributed by atoms with Crippen molar-refractivity contribution in [1.29, 1.82) is 0 Å². The normalized spacial score (nSPS) is 41.6. The summed E-state index contributed by atoms with van der Waals surface area (Å²) in [6.45, 7) is -6.59. The zero-order valence-electron chi connectivity index (χ0n) is 25.0. The molecule has 4 saturated heterocycles. The predicted molar refractivity (Wildman–Crippen MR) is 166 cm³/mol. The first kappa shape index (κ1) is 39.4. The van der Waals surface area contributed by atoms with Crippen LogP contribution in [0.3, 0.4) is 0 Å². The van der Waals surface area contributed by atoms with Crippen LogP contribution >= 0.6 is 13.4 Å². The van der Waals surface area contributed by atoms with Crippen molar-refractivity contribution < 1.29 is 65.8 Å². The van der Waals surface area contributed by atoms with E-state index in [0.29, 0.717) is 25.7 Å². The Morgan fingerprint density at radius 2 is 0.886 bits per heavy atom. The summed E-state index contributed by atoms with van der Waals surface area (Å²) < 4.78 is 63.8. The molecule has 0 amide bonds. The third-order valence-electron chi connectivity index (χ3n) is 6.89. The monoisotopic (exact) mass is 696 g/mol. The molecule has 4 aliphatic heterocycles. The Morgan fingerprint density at radius 3 is 1.20 bits per heavy atom. The molecule has 44 heavy (non-hydrogen) atoms. The molecule has 0 aliphatic carbocycles. The maximum Gasteiger partial charge on any atom is 0.327 e. The van der Waals surface area contributed by atoms with Crippen molar-refractivity contribution in [2.24, 2.45) is 0 Å². The number of hydrogen-bond donors (Lipinski definition) is 2. The Balaban J connectivity index is 0.000000240. The average Bonchev–Trinajstić information content (AvgIpc) is 3.65. The Labute approximate surface area is 274 Å². The minimum Gasteiger partial charge on any atom is -0.382 e. The van der Waals surface area contributed by atoms with Gasteiger partial charge in [-0.25, -0.2) is 0 Å². The smallest absolute Gasteiger partial charge is 0.327 e. The zero-order chi connectivity index (χ0) is 32.7. The van der Waals surface area contributed by atoms with E-state index in [9.17, 15) is 9.79 Å². The average molecular weight is 696 g/mol. The minimum atomic E-state index is -3.57. The van der Waals surface area contributed by atoms with Gasteiger partial charge in [0.05, 0.1) is 25.4 Å². The lowest BCUT2D eigenvalue weighted by Crippen LogP contribution is -2.30. The summed E-state index contributed by atoms with van der Waals surface area (Å²) in [6.07, 6.45) is -2.75. The first-order valence-corrected chi connectivity index (χ1v) is 18.9. The summed E-state index contributed by atoms with van der Waals surface area (Å²) in [7, 11) is 28.9. The van der Waals surface area contributed by atoms with E-state index in [0.717, 1.165) is 0 Å². The van der Waals surface area contributed by atoms with Gasteiger partial charge in [-0.3, -0.25) is 9.05 Å². The third-order valence-corrected chi connectivity index (χ3v) is 9.95. The zero-order valence-corrected chi connectivity index (χ0v) is 28.4. The molecule has 0 saturated carbocycles. The topological polar surface area (TPSA) is 151 Å². The lowest BCUT2D eigenvalue weighted by molar-refractivity contribution is -0.116. The third kappa shape index (κ3) is 12.2. The van der Waals surface area contributed by atoms with E-state index in [2.05, 4.69) is 0 Å². The van der Waals surface area contributed by atoms with Crippen molar-refractivity contribution in [3.8, 4) is 0 Å². The summed E-state index contributed by atoms with van der Waals surface area (Å²) in [5.41, 5.74) is 0. The fraction of sp³-hybridized carbons (Fsp3) is 1.00. The summed E-state index contributed by atoms with van der Waals surface area (Å²) in [6, 6.07) is -2.06. The van der Waals surface area contributed by atoms with Crippen molar-refractivity contribution in [2.45, 2.75) is 98.9 Å². The fourth-order valence-electron chi connectivity index (χ4n) is 4.91. The van der Waals surface area contributed by atoms with Crippen molar-refractivity contribution in [2.75, 3.05) is 41.7 Å². The highest BCUT2D eigenvalue weighted by Crippen LogP contribution is 2.51. The number of rotatable bonds is 14.